The van der Waals surface area contributed by atoms with Gasteiger partial charge in [-0.25, -0.2) is 4.39 Å². The van der Waals surface area contributed by atoms with Crippen molar-refractivity contribution in [1.29, 1.82) is 0 Å². The zero-order valence-electron chi connectivity index (χ0n) is 22.3. The summed E-state index contributed by atoms with van der Waals surface area (Å²) in [6, 6.07) is 9.93. The van der Waals surface area contributed by atoms with E-state index in [4.69, 9.17) is 4.74 Å². The van der Waals surface area contributed by atoms with Gasteiger partial charge in [-0.3, -0.25) is 4.79 Å². The molecular formula is C28H35F4NO3Si. The van der Waals surface area contributed by atoms with Gasteiger partial charge in [-0.05, 0) is 54.2 Å². The number of halogens is 4. The molecule has 0 radical (unpaired) electrons. The molecule has 9 heteroatoms. The number of alkyl halides is 3. The van der Waals surface area contributed by atoms with Gasteiger partial charge in [0.05, 0.1) is 13.2 Å². The van der Waals surface area contributed by atoms with E-state index < -0.39 is 55.9 Å². The Morgan fingerprint density at radius 1 is 1.11 bits per heavy atom. The predicted octanol–water partition coefficient (Wildman–Crippen LogP) is 6.56. The second-order valence-electron chi connectivity index (χ2n) is 11.0. The summed E-state index contributed by atoms with van der Waals surface area (Å²) in [6.07, 6.45) is -6.50. The molecule has 0 heterocycles. The summed E-state index contributed by atoms with van der Waals surface area (Å²) in [6.45, 7) is 10.4. The molecule has 0 aliphatic heterocycles. The van der Waals surface area contributed by atoms with Crippen molar-refractivity contribution in [2.45, 2.75) is 76.5 Å². The highest BCUT2D eigenvalue weighted by Gasteiger charge is 2.55. The molecule has 0 bridgehead atoms. The third kappa shape index (κ3) is 8.07. The van der Waals surface area contributed by atoms with Crippen molar-refractivity contribution < 1.29 is 32.2 Å². The van der Waals surface area contributed by atoms with Crippen LogP contribution in [-0.4, -0.2) is 38.0 Å². The van der Waals surface area contributed by atoms with Crippen LogP contribution in [-0.2, 0) is 5.41 Å². The summed E-state index contributed by atoms with van der Waals surface area (Å²) in [5.74, 6) is 1.84. The Balaban J connectivity index is 2.40. The van der Waals surface area contributed by atoms with Crippen LogP contribution in [0.5, 0.6) is 5.75 Å². The Hall–Kier alpha value is -2.83. The van der Waals surface area contributed by atoms with E-state index in [1.165, 1.54) is 27.0 Å². The lowest BCUT2D eigenvalue weighted by atomic mass is 9.72. The van der Waals surface area contributed by atoms with Gasteiger partial charge in [0.15, 0.2) is 5.60 Å². The minimum absolute atomic E-state index is 0.0944. The van der Waals surface area contributed by atoms with Crippen molar-refractivity contribution in [2.75, 3.05) is 7.11 Å². The summed E-state index contributed by atoms with van der Waals surface area (Å²) >= 11 is 0. The molecular weight excluding hydrogens is 502 g/mol. The van der Waals surface area contributed by atoms with E-state index >= 15 is 0 Å². The molecule has 2 aromatic rings. The highest BCUT2D eigenvalue weighted by Crippen LogP contribution is 2.43. The third-order valence-electron chi connectivity index (χ3n) is 6.03. The zero-order chi connectivity index (χ0) is 28.2. The lowest BCUT2D eigenvalue weighted by Gasteiger charge is -2.37. The normalized spacial score (nSPS) is 14.7. The van der Waals surface area contributed by atoms with Crippen LogP contribution in [0.25, 0.3) is 0 Å². The lowest BCUT2D eigenvalue weighted by Crippen LogP contribution is -2.49. The Kier molecular flexibility index (Phi) is 9.26. The summed E-state index contributed by atoms with van der Waals surface area (Å²) in [5.41, 5.74) is -0.740. The molecule has 1 unspecified atom stereocenters. The molecule has 0 saturated carbocycles. The predicted molar refractivity (Wildman–Crippen MR) is 140 cm³/mol. The fourth-order valence-electron chi connectivity index (χ4n) is 4.09. The molecule has 4 nitrogen and oxygen atoms in total. The Labute approximate surface area is 217 Å². The van der Waals surface area contributed by atoms with Crippen LogP contribution in [0.15, 0.2) is 42.5 Å². The van der Waals surface area contributed by atoms with Gasteiger partial charge in [0.1, 0.15) is 19.6 Å². The smallest absolute Gasteiger partial charge is 0.418 e. The van der Waals surface area contributed by atoms with Crippen molar-refractivity contribution in [3.8, 4) is 17.2 Å². The molecule has 1 amide bonds. The molecule has 0 aromatic heterocycles. The molecule has 2 rings (SSSR count). The standard InChI is InChI=1S/C28H35F4NO3Si/c1-19(20-9-12-22(36-4)13-10-20)33-25(34)23-17-21(29)11-14-24(23)26(2,3)18-27(35,28(30,31)32)15-8-16-37(5,6)7/h9-14,17,19,35H,15,18H2,1-7H3,(H,33,34)/t19-,27?/m0/s1. The molecule has 0 fully saturated rings. The number of carbonyl (C=O) groups excluding carboxylic acids is 1. The largest absolute Gasteiger partial charge is 0.497 e. The van der Waals surface area contributed by atoms with Crippen molar-refractivity contribution in [2.24, 2.45) is 0 Å². The number of benzene rings is 2. The second-order valence-corrected chi connectivity index (χ2v) is 15.7. The van der Waals surface area contributed by atoms with Crippen molar-refractivity contribution in [3.63, 3.8) is 0 Å². The molecule has 0 saturated heterocycles. The van der Waals surface area contributed by atoms with E-state index in [1.807, 2.05) is 19.6 Å². The molecule has 37 heavy (non-hydrogen) atoms. The second kappa shape index (κ2) is 11.3. The number of ether oxygens (including phenoxy) is 1. The van der Waals surface area contributed by atoms with Gasteiger partial charge in [0.25, 0.3) is 5.91 Å². The quantitative estimate of drug-likeness (QED) is 0.228. The van der Waals surface area contributed by atoms with Crippen molar-refractivity contribution in [1.82, 2.24) is 5.32 Å². The first-order valence-electron chi connectivity index (χ1n) is 11.9. The van der Waals surface area contributed by atoms with Crippen molar-refractivity contribution in [3.05, 3.63) is 65.0 Å². The van der Waals surface area contributed by atoms with Gasteiger partial charge in [0.2, 0.25) is 0 Å². The van der Waals surface area contributed by atoms with E-state index in [0.717, 1.165) is 17.7 Å². The number of nitrogens with one attached hydrogen (secondary N) is 1. The topological polar surface area (TPSA) is 58.6 Å². The fourth-order valence-corrected chi connectivity index (χ4v) is 4.71. The number of hydrogen-bond acceptors (Lipinski definition) is 3. The van der Waals surface area contributed by atoms with Gasteiger partial charge < -0.3 is 15.2 Å². The number of methoxy groups -OCH3 is 1. The number of carbonyl (C=O) groups is 1. The van der Waals surface area contributed by atoms with Crippen LogP contribution >= 0.6 is 0 Å². The highest BCUT2D eigenvalue weighted by atomic mass is 28.3. The number of amides is 1. The summed E-state index contributed by atoms with van der Waals surface area (Å²) in [4.78, 5) is 13.2. The maximum Gasteiger partial charge on any atom is 0.418 e. The minimum atomic E-state index is -4.95. The third-order valence-corrected chi connectivity index (χ3v) is 6.95. The molecule has 0 aliphatic carbocycles. The zero-order valence-corrected chi connectivity index (χ0v) is 23.3. The van der Waals surface area contributed by atoms with Crippen LogP contribution < -0.4 is 10.1 Å². The van der Waals surface area contributed by atoms with Crippen LogP contribution in [0, 0.1) is 17.3 Å². The Bertz CT molecular complexity index is 1160. The average molecular weight is 538 g/mol. The van der Waals surface area contributed by atoms with Gasteiger partial charge >= 0.3 is 6.18 Å². The maximum absolute atomic E-state index is 14.2. The van der Waals surface area contributed by atoms with E-state index in [2.05, 4.69) is 16.8 Å². The minimum Gasteiger partial charge on any atom is -0.497 e. The van der Waals surface area contributed by atoms with Gasteiger partial charge in [-0.2, -0.15) is 13.2 Å². The first kappa shape index (κ1) is 30.4. The van der Waals surface area contributed by atoms with Gasteiger partial charge in [-0.15, -0.1) is 11.5 Å². The number of hydrogen-bond donors (Lipinski definition) is 2. The molecule has 0 spiro atoms. The van der Waals surface area contributed by atoms with Gasteiger partial charge in [-0.1, -0.05) is 51.7 Å². The first-order valence-corrected chi connectivity index (χ1v) is 15.4. The Morgan fingerprint density at radius 2 is 1.70 bits per heavy atom. The van der Waals surface area contributed by atoms with Crippen LogP contribution in [0.3, 0.4) is 0 Å². The van der Waals surface area contributed by atoms with E-state index in [1.54, 1.807) is 31.2 Å². The summed E-state index contributed by atoms with van der Waals surface area (Å²) in [7, 11) is -0.425. The van der Waals surface area contributed by atoms with Crippen LogP contribution in [0.4, 0.5) is 17.6 Å². The average Bonchev–Trinajstić information content (AvgIpc) is 2.76. The van der Waals surface area contributed by atoms with Crippen LogP contribution in [0.2, 0.25) is 19.6 Å². The first-order chi connectivity index (χ1) is 16.9. The maximum atomic E-state index is 14.2. The van der Waals surface area contributed by atoms with E-state index in [-0.39, 0.29) is 11.1 Å². The van der Waals surface area contributed by atoms with E-state index in [9.17, 15) is 27.5 Å². The summed E-state index contributed by atoms with van der Waals surface area (Å²) in [5, 5.41) is 13.6. The number of aliphatic hydroxyl groups is 1. The molecule has 202 valence electrons. The fraction of sp³-hybridized carbons (Fsp3) is 0.464. The van der Waals surface area contributed by atoms with E-state index in [0.29, 0.717) is 5.75 Å². The van der Waals surface area contributed by atoms with Crippen LogP contribution in [0.1, 0.15) is 61.1 Å². The van der Waals surface area contributed by atoms with Gasteiger partial charge in [0, 0.05) is 12.0 Å². The molecule has 2 atom stereocenters. The van der Waals surface area contributed by atoms with Crippen molar-refractivity contribution >= 4 is 14.0 Å². The lowest BCUT2D eigenvalue weighted by molar-refractivity contribution is -0.264. The Morgan fingerprint density at radius 3 is 2.22 bits per heavy atom. The molecule has 2 aromatic carbocycles. The summed E-state index contributed by atoms with van der Waals surface area (Å²) < 4.78 is 61.5. The molecule has 2 N–H and O–H groups in total. The number of rotatable bonds is 8. The molecule has 0 aliphatic rings. The highest BCUT2D eigenvalue weighted by molar-refractivity contribution is 6.83. The SMILES string of the molecule is COc1ccc([C@H](C)NC(=O)c2cc(F)ccc2C(C)(C)CC(O)(CC#C[Si](C)(C)C)C(F)(F)F)cc1. The monoisotopic (exact) mass is 537 g/mol.